The van der Waals surface area contributed by atoms with Crippen LogP contribution in [0.1, 0.15) is 23.6 Å². The number of aryl methyl sites for hydroxylation is 2. The Kier molecular flexibility index (Phi) is 9.23. The fourth-order valence-corrected chi connectivity index (χ4v) is 5.68. The van der Waals surface area contributed by atoms with Gasteiger partial charge >= 0.3 is 0 Å². The number of anilines is 1. The lowest BCUT2D eigenvalue weighted by atomic mass is 10.1. The lowest BCUT2D eigenvalue weighted by Crippen LogP contribution is -2.50. The molecule has 0 saturated carbocycles. The minimum atomic E-state index is -4.16. The number of rotatable bonds is 9. The van der Waals surface area contributed by atoms with E-state index in [1.807, 2.05) is 6.92 Å². The molecule has 0 spiro atoms. The van der Waals surface area contributed by atoms with E-state index in [2.05, 4.69) is 5.32 Å². The van der Waals surface area contributed by atoms with Gasteiger partial charge in [0.2, 0.25) is 11.8 Å². The molecule has 0 fully saturated rings. The number of nitrogens with one attached hydrogen (secondary N) is 1. The zero-order valence-electron chi connectivity index (χ0n) is 21.0. The van der Waals surface area contributed by atoms with Crippen molar-refractivity contribution in [1.82, 2.24) is 10.2 Å². The van der Waals surface area contributed by atoms with Crippen LogP contribution in [0.4, 0.5) is 5.69 Å². The van der Waals surface area contributed by atoms with Gasteiger partial charge in [-0.1, -0.05) is 59.1 Å². The molecule has 7 nitrogen and oxygen atoms in total. The summed E-state index contributed by atoms with van der Waals surface area (Å²) in [7, 11) is -2.69. The predicted octanol–water partition coefficient (Wildman–Crippen LogP) is 4.97. The summed E-state index contributed by atoms with van der Waals surface area (Å²) in [6.07, 6.45) is 0. The lowest BCUT2D eigenvalue weighted by Gasteiger charge is -2.32. The highest BCUT2D eigenvalue weighted by Crippen LogP contribution is 2.30. The highest BCUT2D eigenvalue weighted by Gasteiger charge is 2.33. The van der Waals surface area contributed by atoms with Crippen LogP contribution in [0.25, 0.3) is 0 Å². The molecule has 0 radical (unpaired) electrons. The van der Waals surface area contributed by atoms with Gasteiger partial charge in [-0.05, 0) is 68.3 Å². The largest absolute Gasteiger partial charge is 0.357 e. The normalized spacial score (nSPS) is 12.1. The van der Waals surface area contributed by atoms with Crippen LogP contribution in [0.2, 0.25) is 10.0 Å². The first-order chi connectivity index (χ1) is 17.4. The van der Waals surface area contributed by atoms with Crippen molar-refractivity contribution in [2.45, 2.75) is 38.3 Å². The second-order valence-electron chi connectivity index (χ2n) is 8.70. The highest BCUT2D eigenvalue weighted by atomic mass is 35.5. The average molecular weight is 563 g/mol. The summed E-state index contributed by atoms with van der Waals surface area (Å²) in [5.41, 5.74) is 2.49. The van der Waals surface area contributed by atoms with Gasteiger partial charge in [0, 0.05) is 23.6 Å². The van der Waals surface area contributed by atoms with Gasteiger partial charge in [0.15, 0.2) is 0 Å². The van der Waals surface area contributed by atoms with Gasteiger partial charge in [0.05, 0.1) is 10.6 Å². The lowest BCUT2D eigenvalue weighted by molar-refractivity contribution is -0.139. The quantitative estimate of drug-likeness (QED) is 0.399. The van der Waals surface area contributed by atoms with Crippen LogP contribution < -0.4 is 9.62 Å². The van der Waals surface area contributed by atoms with E-state index in [1.54, 1.807) is 62.4 Å². The zero-order valence-corrected chi connectivity index (χ0v) is 23.4. The average Bonchev–Trinajstić information content (AvgIpc) is 2.86. The molecule has 2 amide bonds. The van der Waals surface area contributed by atoms with Gasteiger partial charge in [-0.15, -0.1) is 0 Å². The molecule has 0 saturated heterocycles. The number of carbonyl (C=O) groups is 2. The molecule has 0 heterocycles. The van der Waals surface area contributed by atoms with Crippen molar-refractivity contribution in [3.8, 4) is 0 Å². The summed E-state index contributed by atoms with van der Waals surface area (Å²) in [5, 5.41) is 3.36. The van der Waals surface area contributed by atoms with E-state index in [9.17, 15) is 18.0 Å². The Balaban J connectivity index is 2.08. The monoisotopic (exact) mass is 561 g/mol. The van der Waals surface area contributed by atoms with E-state index < -0.39 is 28.5 Å². The first-order valence-corrected chi connectivity index (χ1v) is 13.7. The molecule has 1 atom stereocenters. The second kappa shape index (κ2) is 12.0. The Labute approximate surface area is 228 Å². The van der Waals surface area contributed by atoms with Crippen LogP contribution >= 0.6 is 23.2 Å². The standard InChI is InChI=1S/C27H29Cl2N3O4S/c1-18-8-12-24(13-9-18)37(35,36)32(25-15-23(29)11-10-19(25)2)17-26(33)31(20(3)27(34)30-4)16-21-6-5-7-22(28)14-21/h5-15,20H,16-17H2,1-4H3,(H,30,34). The Morgan fingerprint density at radius 3 is 2.22 bits per heavy atom. The number of benzene rings is 3. The van der Waals surface area contributed by atoms with Crippen LogP contribution in [0.3, 0.4) is 0 Å². The van der Waals surface area contributed by atoms with Gasteiger partial charge in [0.25, 0.3) is 10.0 Å². The summed E-state index contributed by atoms with van der Waals surface area (Å²) in [6.45, 7) is 4.70. The van der Waals surface area contributed by atoms with E-state index in [-0.39, 0.29) is 23.0 Å². The van der Waals surface area contributed by atoms with Gasteiger partial charge in [-0.2, -0.15) is 0 Å². The molecule has 0 bridgehead atoms. The third-order valence-corrected chi connectivity index (χ3v) is 8.23. The summed E-state index contributed by atoms with van der Waals surface area (Å²) in [5.74, 6) is -0.951. The number of carbonyl (C=O) groups excluding carboxylic acids is 2. The van der Waals surface area contributed by atoms with E-state index in [1.165, 1.54) is 30.1 Å². The van der Waals surface area contributed by atoms with Crippen molar-refractivity contribution in [3.63, 3.8) is 0 Å². The fraction of sp³-hybridized carbons (Fsp3) is 0.259. The van der Waals surface area contributed by atoms with E-state index in [0.29, 0.717) is 21.2 Å². The Bertz CT molecular complexity index is 1400. The van der Waals surface area contributed by atoms with E-state index in [0.717, 1.165) is 9.87 Å². The molecule has 0 aliphatic heterocycles. The number of halogens is 2. The fourth-order valence-electron chi connectivity index (χ4n) is 3.83. The van der Waals surface area contributed by atoms with Crippen molar-refractivity contribution in [3.05, 3.63) is 93.5 Å². The molecular weight excluding hydrogens is 533 g/mol. The molecule has 1 N–H and O–H groups in total. The van der Waals surface area contributed by atoms with Crippen LogP contribution in [-0.2, 0) is 26.2 Å². The molecule has 196 valence electrons. The summed E-state index contributed by atoms with van der Waals surface area (Å²) in [4.78, 5) is 27.7. The number of sulfonamides is 1. The number of likely N-dealkylation sites (N-methyl/N-ethyl adjacent to an activating group) is 1. The molecule has 0 aromatic heterocycles. The second-order valence-corrected chi connectivity index (χ2v) is 11.4. The van der Waals surface area contributed by atoms with E-state index in [4.69, 9.17) is 23.2 Å². The molecule has 37 heavy (non-hydrogen) atoms. The van der Waals surface area contributed by atoms with Gasteiger partial charge < -0.3 is 10.2 Å². The minimum absolute atomic E-state index is 0.0333. The maximum atomic E-state index is 13.8. The molecule has 10 heteroatoms. The Morgan fingerprint density at radius 1 is 0.946 bits per heavy atom. The van der Waals surface area contributed by atoms with Crippen molar-refractivity contribution in [2.75, 3.05) is 17.9 Å². The van der Waals surface area contributed by atoms with Crippen molar-refractivity contribution >= 4 is 50.7 Å². The van der Waals surface area contributed by atoms with Gasteiger partial charge in [0.1, 0.15) is 12.6 Å². The first kappa shape index (κ1) is 28.5. The molecule has 3 rings (SSSR count). The molecular formula is C27H29Cl2N3O4S. The molecule has 3 aromatic carbocycles. The van der Waals surface area contributed by atoms with Crippen LogP contribution in [-0.4, -0.2) is 44.8 Å². The van der Waals surface area contributed by atoms with Gasteiger partial charge in [-0.25, -0.2) is 8.42 Å². The molecule has 3 aromatic rings. The van der Waals surface area contributed by atoms with Crippen molar-refractivity contribution in [1.29, 1.82) is 0 Å². The SMILES string of the molecule is CNC(=O)C(C)N(Cc1cccc(Cl)c1)C(=O)CN(c1cc(Cl)ccc1C)S(=O)(=O)c1ccc(C)cc1. The molecule has 1 unspecified atom stereocenters. The zero-order chi connectivity index (χ0) is 27.3. The number of hydrogen-bond acceptors (Lipinski definition) is 4. The maximum Gasteiger partial charge on any atom is 0.264 e. The molecule has 0 aliphatic carbocycles. The third kappa shape index (κ3) is 6.83. The Morgan fingerprint density at radius 2 is 1.59 bits per heavy atom. The first-order valence-electron chi connectivity index (χ1n) is 11.5. The topological polar surface area (TPSA) is 86.8 Å². The summed E-state index contributed by atoms with van der Waals surface area (Å²) in [6, 6.07) is 17.3. The number of hydrogen-bond donors (Lipinski definition) is 1. The predicted molar refractivity (Wildman–Crippen MR) is 147 cm³/mol. The maximum absolute atomic E-state index is 13.8. The van der Waals surface area contributed by atoms with Crippen molar-refractivity contribution in [2.24, 2.45) is 0 Å². The Hall–Kier alpha value is -3.07. The summed E-state index contributed by atoms with van der Waals surface area (Å²) >= 11 is 12.4. The number of amides is 2. The van der Waals surface area contributed by atoms with Crippen LogP contribution in [0, 0.1) is 13.8 Å². The van der Waals surface area contributed by atoms with Gasteiger partial charge in [-0.3, -0.25) is 13.9 Å². The highest BCUT2D eigenvalue weighted by molar-refractivity contribution is 7.92. The minimum Gasteiger partial charge on any atom is -0.357 e. The summed E-state index contributed by atoms with van der Waals surface area (Å²) < 4.78 is 28.7. The van der Waals surface area contributed by atoms with E-state index >= 15 is 0 Å². The van der Waals surface area contributed by atoms with Crippen molar-refractivity contribution < 1.29 is 18.0 Å². The van der Waals surface area contributed by atoms with Crippen LogP contribution in [0.5, 0.6) is 0 Å². The smallest absolute Gasteiger partial charge is 0.264 e. The third-order valence-electron chi connectivity index (χ3n) is 5.98. The van der Waals surface area contributed by atoms with Crippen LogP contribution in [0.15, 0.2) is 71.6 Å². The molecule has 0 aliphatic rings. The number of nitrogens with zero attached hydrogens (tertiary/aromatic N) is 2.